The number of hydrogen-bond acceptors (Lipinski definition) is 5. The van der Waals surface area contributed by atoms with Gasteiger partial charge in [0.05, 0.1) is 6.04 Å². The van der Waals surface area contributed by atoms with Crippen LogP contribution in [0.15, 0.2) is 72.8 Å². The van der Waals surface area contributed by atoms with Gasteiger partial charge in [0.1, 0.15) is 0 Å². The number of benzene rings is 3. The van der Waals surface area contributed by atoms with Gasteiger partial charge in [0.2, 0.25) is 6.79 Å². The van der Waals surface area contributed by atoms with Crippen molar-refractivity contribution in [3.8, 4) is 11.5 Å². The number of carbonyl (C=O) groups is 1. The van der Waals surface area contributed by atoms with E-state index in [4.69, 9.17) is 9.47 Å². The number of nitrogens with zero attached hydrogens (tertiary/aromatic N) is 2. The zero-order chi connectivity index (χ0) is 23.3. The highest BCUT2D eigenvalue weighted by atomic mass is 16.7. The molecule has 2 amide bonds. The number of para-hydroxylation sites is 1. The number of fused-ring (bicyclic) bond motifs is 1. The average molecular weight is 459 g/mol. The molecule has 0 bridgehead atoms. The summed E-state index contributed by atoms with van der Waals surface area (Å²) in [4.78, 5) is 17.5. The first-order valence-electron chi connectivity index (χ1n) is 11.7. The SMILES string of the molecule is Cc1cccc(NC(=O)NCC(c2ccc3c(c2)OCO3)N2CCN(c3ccccc3)CC2)c1. The number of rotatable bonds is 6. The standard InChI is InChI=1S/C27H30N4O3/c1-20-6-5-7-22(16-20)29-27(32)28-18-24(21-10-11-25-26(17-21)34-19-33-25)31-14-12-30(13-15-31)23-8-3-2-4-9-23/h2-11,16-17,24H,12-15,18-19H2,1H3,(H2,28,29,32). The van der Waals surface area contributed by atoms with Crippen LogP contribution < -0.4 is 25.0 Å². The van der Waals surface area contributed by atoms with Gasteiger partial charge in [-0.25, -0.2) is 4.79 Å². The van der Waals surface area contributed by atoms with Crippen LogP contribution in [0.4, 0.5) is 16.2 Å². The van der Waals surface area contributed by atoms with E-state index in [9.17, 15) is 4.79 Å². The Morgan fingerprint density at radius 1 is 0.912 bits per heavy atom. The Labute approximate surface area is 200 Å². The Morgan fingerprint density at radius 3 is 2.50 bits per heavy atom. The van der Waals surface area contributed by atoms with Crippen molar-refractivity contribution in [3.63, 3.8) is 0 Å². The maximum atomic E-state index is 12.7. The minimum atomic E-state index is -0.209. The summed E-state index contributed by atoms with van der Waals surface area (Å²) in [5, 5.41) is 6.02. The van der Waals surface area contributed by atoms with Crippen LogP contribution in [-0.4, -0.2) is 50.4 Å². The highest BCUT2D eigenvalue weighted by molar-refractivity contribution is 5.89. The van der Waals surface area contributed by atoms with Crippen LogP contribution in [0.25, 0.3) is 0 Å². The number of hydrogen-bond donors (Lipinski definition) is 2. The number of piperazine rings is 1. The lowest BCUT2D eigenvalue weighted by Crippen LogP contribution is -2.50. The molecule has 1 atom stereocenters. The van der Waals surface area contributed by atoms with Crippen molar-refractivity contribution in [2.75, 3.05) is 49.7 Å². The summed E-state index contributed by atoms with van der Waals surface area (Å²) < 4.78 is 11.1. The van der Waals surface area contributed by atoms with Crippen molar-refractivity contribution in [1.82, 2.24) is 10.2 Å². The molecule has 5 rings (SSSR count). The van der Waals surface area contributed by atoms with E-state index < -0.39 is 0 Å². The molecule has 0 spiro atoms. The molecule has 1 saturated heterocycles. The van der Waals surface area contributed by atoms with Crippen molar-refractivity contribution < 1.29 is 14.3 Å². The molecule has 7 nitrogen and oxygen atoms in total. The second-order valence-corrected chi connectivity index (χ2v) is 8.69. The van der Waals surface area contributed by atoms with Crippen LogP contribution in [0.1, 0.15) is 17.2 Å². The van der Waals surface area contributed by atoms with E-state index in [2.05, 4.69) is 50.8 Å². The third-order valence-electron chi connectivity index (χ3n) is 6.39. The monoisotopic (exact) mass is 458 g/mol. The summed E-state index contributed by atoms with van der Waals surface area (Å²) in [6, 6.07) is 24.2. The quantitative estimate of drug-likeness (QED) is 0.573. The second-order valence-electron chi connectivity index (χ2n) is 8.69. The molecule has 0 aliphatic carbocycles. The van der Waals surface area contributed by atoms with Gasteiger partial charge in [-0.15, -0.1) is 0 Å². The summed E-state index contributed by atoms with van der Waals surface area (Å²) in [6.07, 6.45) is 0. The Bertz CT molecular complexity index is 1130. The maximum absolute atomic E-state index is 12.7. The number of aryl methyl sites for hydroxylation is 1. The van der Waals surface area contributed by atoms with Crippen LogP contribution >= 0.6 is 0 Å². The van der Waals surface area contributed by atoms with Crippen LogP contribution in [0, 0.1) is 6.92 Å². The molecule has 0 saturated carbocycles. The molecule has 176 valence electrons. The predicted molar refractivity (Wildman–Crippen MR) is 134 cm³/mol. The lowest BCUT2D eigenvalue weighted by Gasteiger charge is -2.40. The first kappa shape index (κ1) is 22.1. The maximum Gasteiger partial charge on any atom is 0.319 e. The fraction of sp³-hybridized carbons (Fsp3) is 0.296. The van der Waals surface area contributed by atoms with Gasteiger partial charge in [0.15, 0.2) is 11.5 Å². The van der Waals surface area contributed by atoms with Gasteiger partial charge < -0.3 is 25.0 Å². The van der Waals surface area contributed by atoms with E-state index in [1.807, 2.05) is 49.4 Å². The van der Waals surface area contributed by atoms with E-state index in [0.717, 1.165) is 54.5 Å². The van der Waals surface area contributed by atoms with E-state index in [-0.39, 0.29) is 18.9 Å². The smallest absolute Gasteiger partial charge is 0.319 e. The number of amides is 2. The van der Waals surface area contributed by atoms with E-state index in [1.165, 1.54) is 5.69 Å². The number of nitrogens with one attached hydrogen (secondary N) is 2. The largest absolute Gasteiger partial charge is 0.454 e. The zero-order valence-corrected chi connectivity index (χ0v) is 19.4. The molecule has 2 N–H and O–H groups in total. The molecule has 2 aliphatic heterocycles. The van der Waals surface area contributed by atoms with Gasteiger partial charge in [-0.1, -0.05) is 36.4 Å². The number of ether oxygens (including phenoxy) is 2. The summed E-state index contributed by atoms with van der Waals surface area (Å²) >= 11 is 0. The summed E-state index contributed by atoms with van der Waals surface area (Å²) in [5.41, 5.74) is 4.24. The minimum absolute atomic E-state index is 0.0238. The lowest BCUT2D eigenvalue weighted by molar-refractivity contribution is 0.173. The van der Waals surface area contributed by atoms with Crippen molar-refractivity contribution in [1.29, 1.82) is 0 Å². The molecule has 2 heterocycles. The second kappa shape index (κ2) is 10.1. The van der Waals surface area contributed by atoms with Crippen molar-refractivity contribution in [2.24, 2.45) is 0 Å². The Kier molecular flexibility index (Phi) is 6.53. The molecule has 1 unspecified atom stereocenters. The van der Waals surface area contributed by atoms with Crippen LogP contribution in [0.2, 0.25) is 0 Å². The van der Waals surface area contributed by atoms with Gasteiger partial charge in [-0.2, -0.15) is 0 Å². The van der Waals surface area contributed by atoms with Gasteiger partial charge >= 0.3 is 6.03 Å². The normalized spacial score (nSPS) is 16.2. The number of anilines is 2. The molecular weight excluding hydrogens is 428 g/mol. The summed E-state index contributed by atoms with van der Waals surface area (Å²) in [5.74, 6) is 1.52. The fourth-order valence-electron chi connectivity index (χ4n) is 4.60. The van der Waals surface area contributed by atoms with Crippen LogP contribution in [0.3, 0.4) is 0 Å². The highest BCUT2D eigenvalue weighted by Crippen LogP contribution is 2.35. The van der Waals surface area contributed by atoms with Gasteiger partial charge in [-0.3, -0.25) is 4.90 Å². The average Bonchev–Trinajstić information content (AvgIpc) is 3.33. The first-order valence-corrected chi connectivity index (χ1v) is 11.7. The Hall–Kier alpha value is -3.71. The predicted octanol–water partition coefficient (Wildman–Crippen LogP) is 4.41. The number of carbonyl (C=O) groups excluding carboxylic acids is 1. The summed E-state index contributed by atoms with van der Waals surface area (Å²) in [7, 11) is 0. The third kappa shape index (κ3) is 5.10. The summed E-state index contributed by atoms with van der Waals surface area (Å²) in [6.45, 7) is 6.40. The van der Waals surface area contributed by atoms with Gasteiger partial charge in [-0.05, 0) is 54.4 Å². The molecule has 2 aliphatic rings. The Balaban J connectivity index is 1.28. The first-order chi connectivity index (χ1) is 16.7. The lowest BCUT2D eigenvalue weighted by atomic mass is 10.0. The Morgan fingerprint density at radius 2 is 1.71 bits per heavy atom. The zero-order valence-electron chi connectivity index (χ0n) is 19.4. The molecule has 3 aromatic rings. The third-order valence-corrected chi connectivity index (χ3v) is 6.39. The minimum Gasteiger partial charge on any atom is -0.454 e. The topological polar surface area (TPSA) is 66.1 Å². The molecule has 3 aromatic carbocycles. The van der Waals surface area contributed by atoms with Crippen LogP contribution in [-0.2, 0) is 0 Å². The van der Waals surface area contributed by atoms with E-state index in [1.54, 1.807) is 0 Å². The van der Waals surface area contributed by atoms with Crippen molar-refractivity contribution >= 4 is 17.4 Å². The van der Waals surface area contributed by atoms with Crippen molar-refractivity contribution in [3.05, 3.63) is 83.9 Å². The van der Waals surface area contributed by atoms with E-state index >= 15 is 0 Å². The van der Waals surface area contributed by atoms with Gasteiger partial charge in [0, 0.05) is 44.1 Å². The molecule has 0 radical (unpaired) electrons. The molecule has 34 heavy (non-hydrogen) atoms. The molecule has 1 fully saturated rings. The van der Waals surface area contributed by atoms with Crippen LogP contribution in [0.5, 0.6) is 11.5 Å². The van der Waals surface area contributed by atoms with Gasteiger partial charge in [0.25, 0.3) is 0 Å². The molecule has 7 heteroatoms. The van der Waals surface area contributed by atoms with Crippen molar-refractivity contribution in [2.45, 2.75) is 13.0 Å². The molecular formula is C27H30N4O3. The van der Waals surface area contributed by atoms with E-state index in [0.29, 0.717) is 6.54 Å². The number of urea groups is 1. The fourth-order valence-corrected chi connectivity index (χ4v) is 4.60. The highest BCUT2D eigenvalue weighted by Gasteiger charge is 2.27. The molecule has 0 aromatic heterocycles.